The van der Waals surface area contributed by atoms with Gasteiger partial charge in [-0.3, -0.25) is 9.59 Å². The van der Waals surface area contributed by atoms with E-state index in [1.807, 2.05) is 0 Å². The number of halogens is 2. The number of rotatable bonds is 4. The molecule has 7 heteroatoms. The van der Waals surface area contributed by atoms with Crippen molar-refractivity contribution in [2.75, 3.05) is 19.1 Å². The van der Waals surface area contributed by atoms with Crippen LogP contribution in [0.15, 0.2) is 47.5 Å². The number of imide groups is 1. The van der Waals surface area contributed by atoms with Gasteiger partial charge in [-0.05, 0) is 29.8 Å². The van der Waals surface area contributed by atoms with E-state index in [1.165, 1.54) is 14.2 Å². The highest BCUT2D eigenvalue weighted by Gasteiger charge is 2.40. The van der Waals surface area contributed by atoms with Gasteiger partial charge in [-0.25, -0.2) is 4.90 Å². The van der Waals surface area contributed by atoms with Crippen LogP contribution in [-0.2, 0) is 9.59 Å². The lowest BCUT2D eigenvalue weighted by Crippen LogP contribution is -2.31. The molecule has 2 aromatic carbocycles. The van der Waals surface area contributed by atoms with Gasteiger partial charge in [-0.1, -0.05) is 35.3 Å². The van der Waals surface area contributed by atoms with E-state index in [9.17, 15) is 9.59 Å². The first-order valence-electron chi connectivity index (χ1n) is 7.24. The molecular formula is C18H13Cl2NO4. The average molecular weight is 378 g/mol. The first kappa shape index (κ1) is 17.3. The van der Waals surface area contributed by atoms with Crippen LogP contribution in [0.5, 0.6) is 11.5 Å². The summed E-state index contributed by atoms with van der Waals surface area (Å²) in [6.45, 7) is 0. The second-order valence-electron chi connectivity index (χ2n) is 5.18. The molecule has 0 atom stereocenters. The summed E-state index contributed by atoms with van der Waals surface area (Å²) in [6, 6.07) is 11.3. The van der Waals surface area contributed by atoms with Crippen LogP contribution in [0.2, 0.25) is 5.02 Å². The van der Waals surface area contributed by atoms with Crippen LogP contribution in [0, 0.1) is 0 Å². The van der Waals surface area contributed by atoms with Gasteiger partial charge < -0.3 is 9.47 Å². The number of hydrogen-bond acceptors (Lipinski definition) is 4. The molecule has 0 aliphatic carbocycles. The quantitative estimate of drug-likeness (QED) is 0.758. The molecule has 1 aliphatic heterocycles. The maximum atomic E-state index is 12.9. The van der Waals surface area contributed by atoms with E-state index < -0.39 is 11.8 Å². The highest BCUT2D eigenvalue weighted by atomic mass is 35.5. The molecule has 0 fully saturated rings. The van der Waals surface area contributed by atoms with Gasteiger partial charge >= 0.3 is 0 Å². The van der Waals surface area contributed by atoms with Gasteiger partial charge in [0.1, 0.15) is 16.5 Å². The molecule has 0 spiro atoms. The Balaban J connectivity index is 2.06. The predicted molar refractivity (Wildman–Crippen MR) is 96.3 cm³/mol. The van der Waals surface area contributed by atoms with Crippen molar-refractivity contribution in [1.82, 2.24) is 0 Å². The largest absolute Gasteiger partial charge is 0.497 e. The van der Waals surface area contributed by atoms with E-state index in [0.29, 0.717) is 27.8 Å². The van der Waals surface area contributed by atoms with Crippen LogP contribution in [0.3, 0.4) is 0 Å². The third-order valence-corrected chi connectivity index (χ3v) is 4.39. The zero-order valence-electron chi connectivity index (χ0n) is 13.4. The number of anilines is 1. The van der Waals surface area contributed by atoms with Crippen LogP contribution in [0.4, 0.5) is 5.69 Å². The molecule has 0 aromatic heterocycles. The van der Waals surface area contributed by atoms with Gasteiger partial charge in [0.05, 0.1) is 25.5 Å². The number of carbonyl (C=O) groups excluding carboxylic acids is 2. The van der Waals surface area contributed by atoms with Crippen molar-refractivity contribution in [3.63, 3.8) is 0 Å². The third-order valence-electron chi connectivity index (χ3n) is 3.79. The number of nitrogens with zero attached hydrogens (tertiary/aromatic N) is 1. The summed E-state index contributed by atoms with van der Waals surface area (Å²) < 4.78 is 10.4. The highest BCUT2D eigenvalue weighted by molar-refractivity contribution is 6.60. The van der Waals surface area contributed by atoms with Crippen molar-refractivity contribution in [3.8, 4) is 11.5 Å². The summed E-state index contributed by atoms with van der Waals surface area (Å²) >= 11 is 12.0. The van der Waals surface area contributed by atoms with Crippen LogP contribution in [-0.4, -0.2) is 26.0 Å². The lowest BCUT2D eigenvalue weighted by Gasteiger charge is -2.18. The Hall–Kier alpha value is -2.50. The maximum absolute atomic E-state index is 12.9. The van der Waals surface area contributed by atoms with Gasteiger partial charge in [0, 0.05) is 11.1 Å². The van der Waals surface area contributed by atoms with E-state index in [-0.39, 0.29) is 10.6 Å². The van der Waals surface area contributed by atoms with Crippen LogP contribution < -0.4 is 14.4 Å². The molecule has 2 amide bonds. The maximum Gasteiger partial charge on any atom is 0.277 e. The molecule has 128 valence electrons. The second-order valence-corrected chi connectivity index (χ2v) is 5.99. The summed E-state index contributed by atoms with van der Waals surface area (Å²) in [6.07, 6.45) is 0. The van der Waals surface area contributed by atoms with E-state index >= 15 is 0 Å². The van der Waals surface area contributed by atoms with Crippen LogP contribution in [0.25, 0.3) is 5.57 Å². The average Bonchev–Trinajstić information content (AvgIpc) is 2.84. The number of benzene rings is 2. The molecular weight excluding hydrogens is 365 g/mol. The predicted octanol–water partition coefficient (Wildman–Crippen LogP) is 3.88. The molecule has 2 aromatic rings. The summed E-state index contributed by atoms with van der Waals surface area (Å²) in [5, 5.41) is 0.371. The van der Waals surface area contributed by atoms with Gasteiger partial charge in [0.25, 0.3) is 11.8 Å². The molecule has 0 bridgehead atoms. The van der Waals surface area contributed by atoms with Gasteiger partial charge in [-0.2, -0.15) is 0 Å². The number of methoxy groups -OCH3 is 2. The molecule has 5 nitrogen and oxygen atoms in total. The molecule has 0 radical (unpaired) electrons. The number of carbonyl (C=O) groups is 2. The van der Waals surface area contributed by atoms with Crippen LogP contribution >= 0.6 is 23.2 Å². The lowest BCUT2D eigenvalue weighted by molar-refractivity contribution is -0.119. The SMILES string of the molecule is COc1ccc(N2C(=O)C(Cl)=C(c3ccc(Cl)cc3)C2=O)c(OC)c1. The van der Waals surface area contributed by atoms with Crippen molar-refractivity contribution >= 4 is 46.3 Å². The minimum Gasteiger partial charge on any atom is -0.497 e. The summed E-state index contributed by atoms with van der Waals surface area (Å²) in [5.74, 6) is -0.277. The molecule has 0 unspecified atom stereocenters. The molecule has 1 aliphatic rings. The fourth-order valence-corrected chi connectivity index (χ4v) is 2.96. The number of ether oxygens (including phenoxy) is 2. The van der Waals surface area contributed by atoms with Crippen molar-refractivity contribution < 1.29 is 19.1 Å². The van der Waals surface area contributed by atoms with E-state index in [2.05, 4.69) is 0 Å². The molecule has 0 saturated heterocycles. The molecule has 1 heterocycles. The Morgan fingerprint density at radius 3 is 2.16 bits per heavy atom. The highest BCUT2D eigenvalue weighted by Crippen LogP contribution is 2.40. The minimum atomic E-state index is -0.611. The normalized spacial score (nSPS) is 14.3. The number of amides is 2. The molecule has 3 rings (SSSR count). The summed E-state index contributed by atoms with van der Waals surface area (Å²) in [4.78, 5) is 26.5. The fraction of sp³-hybridized carbons (Fsp3) is 0.111. The van der Waals surface area contributed by atoms with Crippen LogP contribution in [0.1, 0.15) is 5.56 Å². The zero-order chi connectivity index (χ0) is 18.1. The Morgan fingerprint density at radius 2 is 1.56 bits per heavy atom. The standard InChI is InChI=1S/C18H13Cl2NO4/c1-24-12-7-8-13(14(9-12)25-2)21-17(22)15(16(20)18(21)23)10-3-5-11(19)6-4-10/h3-9H,1-2H3. The topological polar surface area (TPSA) is 55.8 Å². The fourth-order valence-electron chi connectivity index (χ4n) is 2.56. The number of hydrogen-bond donors (Lipinski definition) is 0. The summed E-state index contributed by atoms with van der Waals surface area (Å²) in [7, 11) is 2.95. The van der Waals surface area contributed by atoms with Gasteiger partial charge in [-0.15, -0.1) is 0 Å². The van der Waals surface area contributed by atoms with Crippen molar-refractivity contribution in [2.45, 2.75) is 0 Å². The Labute approximate surface area is 154 Å². The van der Waals surface area contributed by atoms with Crippen molar-refractivity contribution in [2.24, 2.45) is 0 Å². The summed E-state index contributed by atoms with van der Waals surface area (Å²) in [5.41, 5.74) is 0.935. The first-order valence-corrected chi connectivity index (χ1v) is 8.00. The van der Waals surface area contributed by atoms with Crippen molar-refractivity contribution in [3.05, 3.63) is 58.1 Å². The van der Waals surface area contributed by atoms with Crippen molar-refractivity contribution in [1.29, 1.82) is 0 Å². The van der Waals surface area contributed by atoms with E-state index in [0.717, 1.165) is 4.90 Å². The second kappa shape index (κ2) is 6.78. The Bertz CT molecular complexity index is 890. The van der Waals surface area contributed by atoms with E-state index in [1.54, 1.807) is 42.5 Å². The Morgan fingerprint density at radius 1 is 0.880 bits per heavy atom. The molecule has 0 N–H and O–H groups in total. The van der Waals surface area contributed by atoms with E-state index in [4.69, 9.17) is 32.7 Å². The lowest BCUT2D eigenvalue weighted by atomic mass is 10.1. The third kappa shape index (κ3) is 2.97. The first-order chi connectivity index (χ1) is 12.0. The van der Waals surface area contributed by atoms with Gasteiger partial charge in [0.15, 0.2) is 0 Å². The zero-order valence-corrected chi connectivity index (χ0v) is 14.9. The van der Waals surface area contributed by atoms with Gasteiger partial charge in [0.2, 0.25) is 0 Å². The monoisotopic (exact) mass is 377 g/mol. The molecule has 0 saturated carbocycles. The minimum absolute atomic E-state index is 0.126. The Kier molecular flexibility index (Phi) is 4.70. The molecule has 25 heavy (non-hydrogen) atoms. The smallest absolute Gasteiger partial charge is 0.277 e.